The Bertz CT molecular complexity index is 405. The van der Waals surface area contributed by atoms with Gasteiger partial charge in [0.2, 0.25) is 5.95 Å². The second-order valence-electron chi connectivity index (χ2n) is 4.56. The number of aromatic nitrogens is 2. The van der Waals surface area contributed by atoms with Crippen molar-refractivity contribution in [1.29, 1.82) is 0 Å². The van der Waals surface area contributed by atoms with Crippen LogP contribution in [0.1, 0.15) is 20.8 Å². The molecule has 2 unspecified atom stereocenters. The molecule has 18 heavy (non-hydrogen) atoms. The van der Waals surface area contributed by atoms with Gasteiger partial charge in [-0.2, -0.15) is 16.7 Å². The predicted octanol–water partition coefficient (Wildman–Crippen LogP) is 2.89. The number of nitrogens with zero attached hydrogens (tertiary/aromatic N) is 3. The van der Waals surface area contributed by atoms with Gasteiger partial charge in [-0.3, -0.25) is 0 Å². The number of thioether (sulfide) groups is 1. The lowest BCUT2D eigenvalue weighted by Crippen LogP contribution is -2.41. The summed E-state index contributed by atoms with van der Waals surface area (Å²) < 4.78 is 0. The monoisotopic (exact) mass is 286 g/mol. The van der Waals surface area contributed by atoms with Crippen LogP contribution in [-0.2, 0) is 0 Å². The maximum atomic E-state index is 6.22. The Morgan fingerprint density at radius 2 is 2.11 bits per heavy atom. The molecule has 0 saturated carbocycles. The van der Waals surface area contributed by atoms with E-state index in [1.807, 2.05) is 18.7 Å². The van der Waals surface area contributed by atoms with Crippen LogP contribution in [0.2, 0.25) is 5.02 Å². The van der Waals surface area contributed by atoms with Gasteiger partial charge in [-0.05, 0) is 6.92 Å². The molecule has 0 spiro atoms. The van der Waals surface area contributed by atoms with Crippen LogP contribution in [0, 0.1) is 0 Å². The molecule has 2 rings (SSSR count). The van der Waals surface area contributed by atoms with Gasteiger partial charge in [0.05, 0.1) is 6.20 Å². The van der Waals surface area contributed by atoms with Crippen molar-refractivity contribution in [2.24, 2.45) is 0 Å². The largest absolute Gasteiger partial charge is 0.354 e. The molecule has 1 fully saturated rings. The van der Waals surface area contributed by atoms with Crippen LogP contribution in [0.3, 0.4) is 0 Å². The highest BCUT2D eigenvalue weighted by Crippen LogP contribution is 2.31. The van der Waals surface area contributed by atoms with Crippen molar-refractivity contribution in [3.8, 4) is 0 Å². The molecule has 2 atom stereocenters. The van der Waals surface area contributed by atoms with Crippen LogP contribution in [0.25, 0.3) is 0 Å². The minimum atomic E-state index is 0.599. The Balaban J connectivity index is 2.22. The van der Waals surface area contributed by atoms with Gasteiger partial charge in [0.15, 0.2) is 5.82 Å². The fourth-order valence-electron chi connectivity index (χ4n) is 2.17. The summed E-state index contributed by atoms with van der Waals surface area (Å²) in [6.45, 7) is 9.29. The molecule has 0 radical (unpaired) electrons. The average Bonchev–Trinajstić information content (AvgIpc) is 2.30. The second-order valence-corrected chi connectivity index (χ2v) is 6.85. The van der Waals surface area contributed by atoms with Crippen molar-refractivity contribution < 1.29 is 0 Å². The zero-order chi connectivity index (χ0) is 13.1. The Labute approximate surface area is 118 Å². The van der Waals surface area contributed by atoms with Crippen molar-refractivity contribution in [2.45, 2.75) is 31.3 Å². The van der Waals surface area contributed by atoms with Gasteiger partial charge in [-0.1, -0.05) is 25.4 Å². The number of halogens is 1. The summed E-state index contributed by atoms with van der Waals surface area (Å²) in [5.74, 6) is 1.50. The quantitative estimate of drug-likeness (QED) is 0.925. The molecule has 0 bridgehead atoms. The Hall–Kier alpha value is -0.680. The smallest absolute Gasteiger partial charge is 0.224 e. The maximum absolute atomic E-state index is 6.22. The van der Waals surface area contributed by atoms with Gasteiger partial charge in [0.25, 0.3) is 0 Å². The van der Waals surface area contributed by atoms with E-state index in [1.165, 1.54) is 0 Å². The number of anilines is 2. The van der Waals surface area contributed by atoms with Gasteiger partial charge < -0.3 is 10.2 Å². The minimum absolute atomic E-state index is 0.599. The Morgan fingerprint density at radius 1 is 1.44 bits per heavy atom. The third-order valence-electron chi connectivity index (χ3n) is 2.78. The summed E-state index contributed by atoms with van der Waals surface area (Å²) in [7, 11) is 0. The van der Waals surface area contributed by atoms with Crippen molar-refractivity contribution >= 4 is 35.1 Å². The van der Waals surface area contributed by atoms with E-state index >= 15 is 0 Å². The fraction of sp³-hybridized carbons (Fsp3) is 0.667. The van der Waals surface area contributed by atoms with E-state index < -0.39 is 0 Å². The first-order valence-electron chi connectivity index (χ1n) is 6.27. The van der Waals surface area contributed by atoms with Gasteiger partial charge in [0.1, 0.15) is 5.02 Å². The summed E-state index contributed by atoms with van der Waals surface area (Å²) in [6, 6.07) is 0. The number of hydrogen-bond acceptors (Lipinski definition) is 5. The van der Waals surface area contributed by atoms with Crippen LogP contribution in [0.5, 0.6) is 0 Å². The summed E-state index contributed by atoms with van der Waals surface area (Å²) in [5, 5.41) is 4.95. The zero-order valence-corrected chi connectivity index (χ0v) is 12.6. The molecule has 0 amide bonds. The van der Waals surface area contributed by atoms with Crippen LogP contribution >= 0.6 is 23.4 Å². The van der Waals surface area contributed by atoms with E-state index in [4.69, 9.17) is 11.6 Å². The highest BCUT2D eigenvalue weighted by atomic mass is 35.5. The highest BCUT2D eigenvalue weighted by molar-refractivity contribution is 8.00. The molecule has 1 aliphatic rings. The number of rotatable bonds is 3. The van der Waals surface area contributed by atoms with Crippen LogP contribution in [-0.4, -0.2) is 40.1 Å². The molecule has 4 nitrogen and oxygen atoms in total. The van der Waals surface area contributed by atoms with E-state index in [-0.39, 0.29) is 0 Å². The first kappa shape index (κ1) is 13.7. The van der Waals surface area contributed by atoms with Crippen molar-refractivity contribution in [2.75, 3.05) is 29.9 Å². The van der Waals surface area contributed by atoms with Crippen molar-refractivity contribution in [3.05, 3.63) is 11.2 Å². The van der Waals surface area contributed by atoms with E-state index in [0.717, 1.165) is 25.5 Å². The first-order valence-corrected chi connectivity index (χ1v) is 7.59. The molecule has 0 aromatic carbocycles. The molecule has 1 aromatic heterocycles. The third kappa shape index (κ3) is 3.20. The van der Waals surface area contributed by atoms with E-state index in [0.29, 0.717) is 21.5 Å². The second kappa shape index (κ2) is 5.97. The van der Waals surface area contributed by atoms with Crippen LogP contribution in [0.4, 0.5) is 11.8 Å². The van der Waals surface area contributed by atoms with E-state index in [2.05, 4.69) is 34.0 Å². The lowest BCUT2D eigenvalue weighted by atomic mass is 10.3. The van der Waals surface area contributed by atoms with E-state index in [9.17, 15) is 0 Å². The normalized spacial score (nSPS) is 24.1. The van der Waals surface area contributed by atoms with Crippen LogP contribution < -0.4 is 10.2 Å². The first-order chi connectivity index (χ1) is 8.60. The number of hydrogen-bond donors (Lipinski definition) is 1. The molecule has 0 aliphatic carbocycles. The average molecular weight is 287 g/mol. The molecule has 1 aliphatic heterocycles. The Morgan fingerprint density at radius 3 is 2.72 bits per heavy atom. The maximum Gasteiger partial charge on any atom is 0.224 e. The molecular weight excluding hydrogens is 268 g/mol. The molecule has 100 valence electrons. The lowest BCUT2D eigenvalue weighted by Gasteiger charge is -2.35. The van der Waals surface area contributed by atoms with Crippen LogP contribution in [0.15, 0.2) is 6.20 Å². The molecule has 1 saturated heterocycles. The lowest BCUT2D eigenvalue weighted by molar-refractivity contribution is 0.717. The molecule has 6 heteroatoms. The third-order valence-corrected chi connectivity index (χ3v) is 4.27. The van der Waals surface area contributed by atoms with Gasteiger partial charge in [0, 0.05) is 30.1 Å². The Kier molecular flexibility index (Phi) is 4.56. The fourth-order valence-corrected chi connectivity index (χ4v) is 3.71. The summed E-state index contributed by atoms with van der Waals surface area (Å²) in [6.07, 6.45) is 1.68. The van der Waals surface area contributed by atoms with Gasteiger partial charge in [-0.25, -0.2) is 4.98 Å². The standard InChI is InChI=1S/C12H19ClN4S/c1-4-14-12-15-5-10(13)11(16-12)17-6-8(2)18-9(3)7-17/h5,8-9H,4,6-7H2,1-3H3,(H,14,15,16). The summed E-state index contributed by atoms with van der Waals surface area (Å²) in [4.78, 5) is 11.0. The minimum Gasteiger partial charge on any atom is -0.354 e. The highest BCUT2D eigenvalue weighted by Gasteiger charge is 2.25. The predicted molar refractivity (Wildman–Crippen MR) is 79.9 cm³/mol. The summed E-state index contributed by atoms with van der Waals surface area (Å²) in [5.41, 5.74) is 0. The van der Waals surface area contributed by atoms with Crippen molar-refractivity contribution in [1.82, 2.24) is 9.97 Å². The van der Waals surface area contributed by atoms with Crippen molar-refractivity contribution in [3.63, 3.8) is 0 Å². The van der Waals surface area contributed by atoms with Gasteiger partial charge in [-0.15, -0.1) is 0 Å². The van der Waals surface area contributed by atoms with E-state index in [1.54, 1.807) is 6.20 Å². The topological polar surface area (TPSA) is 41.1 Å². The molecular formula is C12H19ClN4S. The SMILES string of the molecule is CCNc1ncc(Cl)c(N2CC(C)SC(C)C2)n1. The summed E-state index contributed by atoms with van der Waals surface area (Å²) >= 11 is 8.24. The zero-order valence-electron chi connectivity index (χ0n) is 11.0. The molecule has 2 heterocycles. The molecule has 1 aromatic rings. The van der Waals surface area contributed by atoms with Gasteiger partial charge >= 0.3 is 0 Å². The number of nitrogens with one attached hydrogen (secondary N) is 1. The molecule has 1 N–H and O–H groups in total.